The second-order valence-electron chi connectivity index (χ2n) is 7.84. The molecule has 5 heteroatoms. The Morgan fingerprint density at radius 3 is 2.41 bits per heavy atom. The molecule has 0 bridgehead atoms. The van der Waals surface area contributed by atoms with Crippen LogP contribution in [0.25, 0.3) is 0 Å². The van der Waals surface area contributed by atoms with Gasteiger partial charge in [-0.2, -0.15) is 0 Å². The van der Waals surface area contributed by atoms with E-state index in [1.54, 1.807) is 12.4 Å². The van der Waals surface area contributed by atoms with Crippen LogP contribution < -0.4 is 5.32 Å². The monoisotopic (exact) mass is 364 g/mol. The molecule has 1 N–H and O–H groups in total. The zero-order valence-electron chi connectivity index (χ0n) is 15.8. The van der Waals surface area contributed by atoms with Crippen molar-refractivity contribution in [2.24, 2.45) is 5.92 Å². The number of nitrogens with one attached hydrogen (secondary N) is 1. The van der Waals surface area contributed by atoms with Crippen molar-refractivity contribution in [2.75, 3.05) is 18.4 Å². The molecule has 0 atom stereocenters. The molecule has 0 spiro atoms. The molecular formula is C22H28N4O. The van der Waals surface area contributed by atoms with Crippen molar-refractivity contribution in [1.29, 1.82) is 0 Å². The molecule has 0 unspecified atom stereocenters. The highest BCUT2D eigenvalue weighted by Gasteiger charge is 2.25. The van der Waals surface area contributed by atoms with Gasteiger partial charge in [0.15, 0.2) is 0 Å². The smallest absolute Gasteiger partial charge is 0.274 e. The Bertz CT molecular complexity index is 733. The Morgan fingerprint density at radius 2 is 1.74 bits per heavy atom. The van der Waals surface area contributed by atoms with Gasteiger partial charge in [0.1, 0.15) is 11.5 Å². The molecule has 1 saturated heterocycles. The van der Waals surface area contributed by atoms with E-state index in [4.69, 9.17) is 0 Å². The standard InChI is InChI=1S/C22H28N4O/c27-22(20-15-24-21(16-23-20)25-19-8-4-5-9-19)26-12-10-18(11-13-26)14-17-6-2-1-3-7-17/h1-3,6-7,15-16,18-19H,4-5,8-14H2,(H,24,25). The molecule has 4 rings (SSSR count). The average Bonchev–Trinajstić information content (AvgIpc) is 3.22. The lowest BCUT2D eigenvalue weighted by atomic mass is 9.90. The number of piperidine rings is 1. The zero-order chi connectivity index (χ0) is 18.5. The summed E-state index contributed by atoms with van der Waals surface area (Å²) in [6.07, 6.45) is 11.5. The van der Waals surface area contributed by atoms with Gasteiger partial charge in [0.05, 0.1) is 12.4 Å². The molecule has 1 aromatic heterocycles. The summed E-state index contributed by atoms with van der Waals surface area (Å²) in [5.41, 5.74) is 1.84. The van der Waals surface area contributed by atoms with Gasteiger partial charge in [0.25, 0.3) is 5.91 Å². The van der Waals surface area contributed by atoms with E-state index >= 15 is 0 Å². The first-order valence-electron chi connectivity index (χ1n) is 10.2. The number of likely N-dealkylation sites (tertiary alicyclic amines) is 1. The molecule has 1 amide bonds. The minimum Gasteiger partial charge on any atom is -0.366 e. The van der Waals surface area contributed by atoms with Crippen molar-refractivity contribution < 1.29 is 4.79 Å². The molecule has 2 heterocycles. The van der Waals surface area contributed by atoms with Gasteiger partial charge in [-0.05, 0) is 43.6 Å². The molecule has 2 fully saturated rings. The second kappa shape index (κ2) is 8.51. The number of amides is 1. The molecule has 1 aliphatic heterocycles. The van der Waals surface area contributed by atoms with Crippen LogP contribution in [0.2, 0.25) is 0 Å². The number of hydrogen-bond donors (Lipinski definition) is 1. The van der Waals surface area contributed by atoms with Crippen LogP contribution in [0.5, 0.6) is 0 Å². The van der Waals surface area contributed by atoms with Crippen LogP contribution in [-0.2, 0) is 6.42 Å². The van der Waals surface area contributed by atoms with Crippen molar-refractivity contribution in [2.45, 2.75) is 51.0 Å². The Kier molecular flexibility index (Phi) is 5.66. The summed E-state index contributed by atoms with van der Waals surface area (Å²) in [4.78, 5) is 23.4. The van der Waals surface area contributed by atoms with Crippen molar-refractivity contribution in [3.8, 4) is 0 Å². The maximum atomic E-state index is 12.7. The SMILES string of the molecule is O=C(c1cnc(NC2CCCC2)cn1)N1CCC(Cc2ccccc2)CC1. The Balaban J connectivity index is 1.28. The summed E-state index contributed by atoms with van der Waals surface area (Å²) >= 11 is 0. The third-order valence-electron chi connectivity index (χ3n) is 5.85. The van der Waals surface area contributed by atoms with Gasteiger partial charge in [0.2, 0.25) is 0 Å². The van der Waals surface area contributed by atoms with Gasteiger partial charge in [-0.15, -0.1) is 0 Å². The maximum Gasteiger partial charge on any atom is 0.274 e. The third-order valence-corrected chi connectivity index (χ3v) is 5.85. The summed E-state index contributed by atoms with van der Waals surface area (Å²) in [7, 11) is 0. The van der Waals surface area contributed by atoms with Gasteiger partial charge in [0, 0.05) is 19.1 Å². The quantitative estimate of drug-likeness (QED) is 0.873. The van der Waals surface area contributed by atoms with Crippen molar-refractivity contribution in [1.82, 2.24) is 14.9 Å². The topological polar surface area (TPSA) is 58.1 Å². The van der Waals surface area contributed by atoms with Crippen molar-refractivity contribution in [3.05, 3.63) is 54.0 Å². The van der Waals surface area contributed by atoms with Crippen LogP contribution in [0.3, 0.4) is 0 Å². The van der Waals surface area contributed by atoms with Crippen LogP contribution in [0.1, 0.15) is 54.6 Å². The molecule has 0 radical (unpaired) electrons. The van der Waals surface area contributed by atoms with Crippen LogP contribution in [0, 0.1) is 5.92 Å². The van der Waals surface area contributed by atoms with E-state index in [1.165, 1.54) is 31.2 Å². The van der Waals surface area contributed by atoms with Crippen LogP contribution in [-0.4, -0.2) is 39.9 Å². The fraction of sp³-hybridized carbons (Fsp3) is 0.500. The Labute approximate surface area is 161 Å². The number of carbonyl (C=O) groups is 1. The van der Waals surface area contributed by atoms with E-state index in [9.17, 15) is 4.79 Å². The van der Waals surface area contributed by atoms with Gasteiger partial charge in [-0.25, -0.2) is 9.97 Å². The van der Waals surface area contributed by atoms with E-state index < -0.39 is 0 Å². The van der Waals surface area contributed by atoms with Gasteiger partial charge in [-0.3, -0.25) is 4.79 Å². The third kappa shape index (κ3) is 4.65. The van der Waals surface area contributed by atoms with E-state index in [-0.39, 0.29) is 5.91 Å². The number of anilines is 1. The first-order valence-corrected chi connectivity index (χ1v) is 10.2. The highest BCUT2D eigenvalue weighted by Crippen LogP contribution is 2.23. The minimum absolute atomic E-state index is 0.00748. The van der Waals surface area contributed by atoms with Gasteiger partial charge >= 0.3 is 0 Å². The zero-order valence-corrected chi connectivity index (χ0v) is 15.8. The molecule has 1 saturated carbocycles. The Hall–Kier alpha value is -2.43. The number of nitrogens with zero attached hydrogens (tertiary/aromatic N) is 3. The molecule has 2 aliphatic rings. The number of hydrogen-bond acceptors (Lipinski definition) is 4. The van der Waals surface area contributed by atoms with Crippen molar-refractivity contribution >= 4 is 11.7 Å². The number of carbonyl (C=O) groups excluding carboxylic acids is 1. The van der Waals surface area contributed by atoms with Gasteiger partial charge in [-0.1, -0.05) is 43.2 Å². The molecule has 27 heavy (non-hydrogen) atoms. The van der Waals surface area contributed by atoms with E-state index in [2.05, 4.69) is 45.6 Å². The number of benzene rings is 1. The van der Waals surface area contributed by atoms with Crippen LogP contribution >= 0.6 is 0 Å². The summed E-state index contributed by atoms with van der Waals surface area (Å²) in [5.74, 6) is 1.44. The molecular weight excluding hydrogens is 336 g/mol. The summed E-state index contributed by atoms with van der Waals surface area (Å²) < 4.78 is 0. The molecule has 5 nitrogen and oxygen atoms in total. The molecule has 1 aliphatic carbocycles. The first kappa shape index (κ1) is 18.0. The normalized spacial score (nSPS) is 18.6. The predicted octanol–water partition coefficient (Wildman–Crippen LogP) is 3.93. The lowest BCUT2D eigenvalue weighted by Gasteiger charge is -2.31. The van der Waals surface area contributed by atoms with E-state index in [0.29, 0.717) is 17.7 Å². The lowest BCUT2D eigenvalue weighted by Crippen LogP contribution is -2.39. The fourth-order valence-corrected chi connectivity index (χ4v) is 4.24. The molecule has 2 aromatic rings. The summed E-state index contributed by atoms with van der Waals surface area (Å²) in [6.45, 7) is 1.61. The minimum atomic E-state index is 0.00748. The summed E-state index contributed by atoms with van der Waals surface area (Å²) in [6, 6.07) is 11.1. The Morgan fingerprint density at radius 1 is 1.00 bits per heavy atom. The second-order valence-corrected chi connectivity index (χ2v) is 7.84. The number of rotatable bonds is 5. The van der Waals surface area contributed by atoms with Crippen molar-refractivity contribution in [3.63, 3.8) is 0 Å². The largest absolute Gasteiger partial charge is 0.366 e. The van der Waals surface area contributed by atoms with Gasteiger partial charge < -0.3 is 10.2 Å². The highest BCUT2D eigenvalue weighted by atomic mass is 16.2. The van der Waals surface area contributed by atoms with E-state index in [0.717, 1.165) is 38.2 Å². The van der Waals surface area contributed by atoms with Crippen LogP contribution in [0.15, 0.2) is 42.7 Å². The first-order chi connectivity index (χ1) is 13.3. The average molecular weight is 364 g/mol. The highest BCUT2D eigenvalue weighted by molar-refractivity contribution is 5.92. The lowest BCUT2D eigenvalue weighted by molar-refractivity contribution is 0.0684. The predicted molar refractivity (Wildman–Crippen MR) is 107 cm³/mol. The summed E-state index contributed by atoms with van der Waals surface area (Å²) in [5, 5.41) is 3.42. The van der Waals surface area contributed by atoms with E-state index in [1.807, 2.05) is 4.90 Å². The molecule has 142 valence electrons. The maximum absolute atomic E-state index is 12.7. The van der Waals surface area contributed by atoms with Crippen LogP contribution in [0.4, 0.5) is 5.82 Å². The molecule has 1 aromatic carbocycles. The fourth-order valence-electron chi connectivity index (χ4n) is 4.24. The number of aromatic nitrogens is 2.